The first-order valence-corrected chi connectivity index (χ1v) is 8.40. The van der Waals surface area contributed by atoms with Gasteiger partial charge in [0.25, 0.3) is 0 Å². The molecule has 0 spiro atoms. The van der Waals surface area contributed by atoms with Crippen molar-refractivity contribution in [1.29, 1.82) is 0 Å². The fourth-order valence-electron chi connectivity index (χ4n) is 3.56. The number of carbonyl (C=O) groups excluding carboxylic acids is 1. The van der Waals surface area contributed by atoms with Crippen LogP contribution in [0.3, 0.4) is 0 Å². The summed E-state index contributed by atoms with van der Waals surface area (Å²) in [6, 6.07) is 8.46. The fourth-order valence-corrected chi connectivity index (χ4v) is 3.56. The number of benzene rings is 1. The van der Waals surface area contributed by atoms with Crippen molar-refractivity contribution in [3.05, 3.63) is 35.4 Å². The second-order valence-corrected chi connectivity index (χ2v) is 7.75. The van der Waals surface area contributed by atoms with Crippen LogP contribution in [0.5, 0.6) is 0 Å². The predicted octanol–water partition coefficient (Wildman–Crippen LogP) is 3.57. The van der Waals surface area contributed by atoms with E-state index < -0.39 is 0 Å². The summed E-state index contributed by atoms with van der Waals surface area (Å²) >= 11 is 0. The molecule has 1 aromatic rings. The minimum atomic E-state index is -0.0275. The first kappa shape index (κ1) is 17.0. The Morgan fingerprint density at radius 3 is 2.68 bits per heavy atom. The largest absolute Gasteiger partial charge is 0.349 e. The van der Waals surface area contributed by atoms with Crippen LogP contribution in [0.25, 0.3) is 0 Å². The first-order chi connectivity index (χ1) is 10.3. The summed E-state index contributed by atoms with van der Waals surface area (Å²) in [6.45, 7) is 9.23. The monoisotopic (exact) mass is 302 g/mol. The summed E-state index contributed by atoms with van der Waals surface area (Å²) in [7, 11) is 0. The lowest BCUT2D eigenvalue weighted by atomic mass is 9.81. The topological polar surface area (TPSA) is 55.1 Å². The maximum absolute atomic E-state index is 12.8. The van der Waals surface area contributed by atoms with Crippen LogP contribution in [0, 0.1) is 24.2 Å². The zero-order chi connectivity index (χ0) is 16.3. The van der Waals surface area contributed by atoms with Gasteiger partial charge in [0.05, 0.1) is 6.04 Å². The Bertz CT molecular complexity index is 518. The van der Waals surface area contributed by atoms with Gasteiger partial charge in [-0.1, -0.05) is 57.0 Å². The van der Waals surface area contributed by atoms with Crippen LogP contribution in [-0.4, -0.2) is 12.5 Å². The second kappa shape index (κ2) is 6.82. The molecule has 3 N–H and O–H groups in total. The van der Waals surface area contributed by atoms with Gasteiger partial charge in [-0.3, -0.25) is 4.79 Å². The van der Waals surface area contributed by atoms with Gasteiger partial charge in [-0.15, -0.1) is 0 Å². The standard InChI is InChI=1S/C19H30N2O/c1-13-7-5-8-14(11-13)17(19(2,3)4)21-18(22)16-10-6-9-15(16)12-20/h5,7-8,11,15-17H,6,9-10,12,20H2,1-4H3,(H,21,22)/t15-,16-,17?/m1/s1. The van der Waals surface area contributed by atoms with Crippen molar-refractivity contribution < 1.29 is 4.79 Å². The third kappa shape index (κ3) is 3.89. The number of rotatable bonds is 4. The number of hydrogen-bond acceptors (Lipinski definition) is 2. The Morgan fingerprint density at radius 1 is 1.36 bits per heavy atom. The average Bonchev–Trinajstić information content (AvgIpc) is 2.91. The molecule has 1 fully saturated rings. The highest BCUT2D eigenvalue weighted by molar-refractivity contribution is 5.79. The summed E-state index contributed by atoms with van der Waals surface area (Å²) in [5.41, 5.74) is 8.21. The molecule has 1 saturated carbocycles. The lowest BCUT2D eigenvalue weighted by molar-refractivity contribution is -0.127. The van der Waals surface area contributed by atoms with E-state index in [-0.39, 0.29) is 23.3 Å². The van der Waals surface area contributed by atoms with Crippen molar-refractivity contribution in [2.45, 2.75) is 53.0 Å². The van der Waals surface area contributed by atoms with Crippen LogP contribution >= 0.6 is 0 Å². The molecule has 0 heterocycles. The fraction of sp³-hybridized carbons (Fsp3) is 0.632. The number of nitrogens with two attached hydrogens (primary N) is 1. The summed E-state index contributed by atoms with van der Waals surface area (Å²) in [5.74, 6) is 0.604. The van der Waals surface area contributed by atoms with Gasteiger partial charge in [0, 0.05) is 5.92 Å². The van der Waals surface area contributed by atoms with E-state index in [1.54, 1.807) is 0 Å². The molecule has 0 radical (unpaired) electrons. The van der Waals surface area contributed by atoms with Gasteiger partial charge in [0.2, 0.25) is 5.91 Å². The molecule has 1 aliphatic carbocycles. The molecule has 3 heteroatoms. The van der Waals surface area contributed by atoms with Crippen LogP contribution in [-0.2, 0) is 4.79 Å². The second-order valence-electron chi connectivity index (χ2n) is 7.75. The molecule has 0 aliphatic heterocycles. The van der Waals surface area contributed by atoms with Gasteiger partial charge in [-0.25, -0.2) is 0 Å². The molecule has 0 aromatic heterocycles. The van der Waals surface area contributed by atoms with Gasteiger partial charge >= 0.3 is 0 Å². The third-order valence-corrected chi connectivity index (χ3v) is 4.83. The molecule has 1 amide bonds. The number of aryl methyl sites for hydroxylation is 1. The highest BCUT2D eigenvalue weighted by atomic mass is 16.2. The number of amides is 1. The van der Waals surface area contributed by atoms with Gasteiger partial charge < -0.3 is 11.1 Å². The Labute approximate surface area is 134 Å². The molecule has 122 valence electrons. The minimum absolute atomic E-state index is 0.0268. The molecule has 1 aliphatic rings. The smallest absolute Gasteiger partial charge is 0.223 e. The van der Waals surface area contributed by atoms with E-state index in [1.807, 2.05) is 0 Å². The van der Waals surface area contributed by atoms with E-state index in [2.05, 4.69) is 57.3 Å². The highest BCUT2D eigenvalue weighted by Gasteiger charge is 2.35. The molecule has 1 aromatic carbocycles. The van der Waals surface area contributed by atoms with Gasteiger partial charge in [-0.05, 0) is 43.2 Å². The van der Waals surface area contributed by atoms with Crippen LogP contribution in [0.15, 0.2) is 24.3 Å². The van der Waals surface area contributed by atoms with E-state index in [1.165, 1.54) is 11.1 Å². The number of hydrogen-bond donors (Lipinski definition) is 2. The van der Waals surface area contributed by atoms with Gasteiger partial charge in [0.1, 0.15) is 0 Å². The van der Waals surface area contributed by atoms with E-state index in [4.69, 9.17) is 5.73 Å². The highest BCUT2D eigenvalue weighted by Crippen LogP contribution is 2.36. The normalized spacial score (nSPS) is 23.3. The maximum atomic E-state index is 12.8. The SMILES string of the molecule is Cc1cccc(C(NC(=O)[C@@H]2CCC[C@@H]2CN)C(C)(C)C)c1. The predicted molar refractivity (Wildman–Crippen MR) is 91.4 cm³/mol. The Balaban J connectivity index is 2.19. The molecule has 2 rings (SSSR count). The van der Waals surface area contributed by atoms with Gasteiger partial charge in [0.15, 0.2) is 0 Å². The van der Waals surface area contributed by atoms with E-state index >= 15 is 0 Å². The van der Waals surface area contributed by atoms with Crippen LogP contribution in [0.2, 0.25) is 0 Å². The number of nitrogens with one attached hydrogen (secondary N) is 1. The molecular formula is C19H30N2O. The molecule has 3 nitrogen and oxygen atoms in total. The zero-order valence-corrected chi connectivity index (χ0v) is 14.4. The molecule has 0 bridgehead atoms. The molecule has 3 atom stereocenters. The first-order valence-electron chi connectivity index (χ1n) is 8.40. The van der Waals surface area contributed by atoms with Crippen molar-refractivity contribution >= 4 is 5.91 Å². The Kier molecular flexibility index (Phi) is 5.28. The Morgan fingerprint density at radius 2 is 2.09 bits per heavy atom. The summed E-state index contributed by atoms with van der Waals surface area (Å²) in [4.78, 5) is 12.8. The Hall–Kier alpha value is -1.35. The van der Waals surface area contributed by atoms with Crippen molar-refractivity contribution in [1.82, 2.24) is 5.32 Å². The zero-order valence-electron chi connectivity index (χ0n) is 14.4. The average molecular weight is 302 g/mol. The van der Waals surface area contributed by atoms with Crippen LogP contribution in [0.1, 0.15) is 57.2 Å². The van der Waals surface area contributed by atoms with Crippen molar-refractivity contribution in [3.8, 4) is 0 Å². The van der Waals surface area contributed by atoms with Crippen molar-refractivity contribution in [3.63, 3.8) is 0 Å². The lowest BCUT2D eigenvalue weighted by Gasteiger charge is -2.33. The molecule has 1 unspecified atom stereocenters. The maximum Gasteiger partial charge on any atom is 0.223 e. The third-order valence-electron chi connectivity index (χ3n) is 4.83. The summed E-state index contributed by atoms with van der Waals surface area (Å²) in [5, 5.41) is 3.31. The number of carbonyl (C=O) groups is 1. The summed E-state index contributed by atoms with van der Waals surface area (Å²) in [6.07, 6.45) is 3.17. The van der Waals surface area contributed by atoms with Crippen molar-refractivity contribution in [2.24, 2.45) is 23.0 Å². The van der Waals surface area contributed by atoms with E-state index in [9.17, 15) is 4.79 Å². The van der Waals surface area contributed by atoms with E-state index in [0.29, 0.717) is 12.5 Å². The minimum Gasteiger partial charge on any atom is -0.349 e. The van der Waals surface area contributed by atoms with Gasteiger partial charge in [-0.2, -0.15) is 0 Å². The van der Waals surface area contributed by atoms with Crippen LogP contribution < -0.4 is 11.1 Å². The summed E-state index contributed by atoms with van der Waals surface area (Å²) < 4.78 is 0. The quantitative estimate of drug-likeness (QED) is 0.893. The van der Waals surface area contributed by atoms with E-state index in [0.717, 1.165) is 19.3 Å². The molecule has 0 saturated heterocycles. The molecule has 22 heavy (non-hydrogen) atoms. The lowest BCUT2D eigenvalue weighted by Crippen LogP contribution is -2.41. The van der Waals surface area contributed by atoms with Crippen LogP contribution in [0.4, 0.5) is 0 Å². The van der Waals surface area contributed by atoms with Crippen molar-refractivity contribution in [2.75, 3.05) is 6.54 Å². The molecular weight excluding hydrogens is 272 g/mol.